The minimum atomic E-state index is -1.22. The molecule has 184 valence electrons. The van der Waals surface area contributed by atoms with Gasteiger partial charge in [-0.25, -0.2) is 4.39 Å². The zero-order valence-corrected chi connectivity index (χ0v) is 19.6. The number of carboxylic acid groups (broad SMARTS) is 1. The zero-order valence-electron chi connectivity index (χ0n) is 19.6. The summed E-state index contributed by atoms with van der Waals surface area (Å²) in [4.78, 5) is 23.6. The second-order valence-corrected chi connectivity index (χ2v) is 8.60. The normalized spacial score (nSPS) is 13.3. The highest BCUT2D eigenvalue weighted by molar-refractivity contribution is 6.05. The topological polar surface area (TPSA) is 126 Å². The van der Waals surface area contributed by atoms with Crippen LogP contribution in [-0.4, -0.2) is 44.0 Å². The van der Waals surface area contributed by atoms with E-state index >= 15 is 0 Å². The van der Waals surface area contributed by atoms with Crippen molar-refractivity contribution in [2.24, 2.45) is 5.73 Å². The number of amides is 1. The van der Waals surface area contributed by atoms with E-state index in [0.29, 0.717) is 22.4 Å². The molecule has 0 bridgehead atoms. The number of aromatic nitrogens is 1. The molecule has 1 heterocycles. The fraction of sp³-hybridized carbons (Fsp3) is 0.259. The van der Waals surface area contributed by atoms with Crippen molar-refractivity contribution in [2.45, 2.75) is 44.9 Å². The number of carboxylic acids is 1. The van der Waals surface area contributed by atoms with Crippen LogP contribution in [0.25, 0.3) is 28.3 Å². The number of aliphatic carboxylic acids is 1. The third-order valence-corrected chi connectivity index (χ3v) is 5.59. The molecular formula is C27H29FN2O5. The number of primary amides is 1. The molecule has 0 aliphatic rings. The number of rotatable bonds is 10. The number of nitrogens with zero attached hydrogens (tertiary/aromatic N) is 1. The van der Waals surface area contributed by atoms with E-state index in [9.17, 15) is 24.2 Å². The lowest BCUT2D eigenvalue weighted by Crippen LogP contribution is -2.20. The van der Waals surface area contributed by atoms with Gasteiger partial charge in [0.2, 0.25) is 0 Å². The Morgan fingerprint density at radius 1 is 1.00 bits per heavy atom. The molecule has 2 unspecified atom stereocenters. The molecule has 0 radical (unpaired) electrons. The summed E-state index contributed by atoms with van der Waals surface area (Å²) < 4.78 is 15.5. The Morgan fingerprint density at radius 2 is 1.60 bits per heavy atom. The molecule has 5 N–H and O–H groups in total. The Balaban J connectivity index is 2.26. The number of aliphatic hydroxyl groups is 2. The first-order chi connectivity index (χ1) is 16.6. The summed E-state index contributed by atoms with van der Waals surface area (Å²) in [5, 5.41) is 29.2. The van der Waals surface area contributed by atoms with Gasteiger partial charge in [0.05, 0.1) is 18.6 Å². The van der Waals surface area contributed by atoms with Crippen molar-refractivity contribution in [3.8, 4) is 22.3 Å². The van der Waals surface area contributed by atoms with Gasteiger partial charge in [-0.05, 0) is 43.2 Å². The Bertz CT molecular complexity index is 1220. The summed E-state index contributed by atoms with van der Waals surface area (Å²) in [5.41, 5.74) is 9.29. The van der Waals surface area contributed by atoms with Crippen LogP contribution in [0.4, 0.5) is 4.39 Å². The zero-order chi connectivity index (χ0) is 25.7. The van der Waals surface area contributed by atoms with Crippen molar-refractivity contribution in [3.05, 3.63) is 77.9 Å². The summed E-state index contributed by atoms with van der Waals surface area (Å²) in [6.45, 7) is 3.78. The monoisotopic (exact) mass is 480 g/mol. The molecule has 2 atom stereocenters. The lowest BCUT2D eigenvalue weighted by molar-refractivity contribution is -0.139. The quantitative estimate of drug-likeness (QED) is 0.345. The van der Waals surface area contributed by atoms with Crippen LogP contribution >= 0.6 is 0 Å². The highest BCUT2D eigenvalue weighted by Gasteiger charge is 2.28. The van der Waals surface area contributed by atoms with Crippen LogP contribution in [-0.2, 0) is 4.79 Å². The van der Waals surface area contributed by atoms with Crippen LogP contribution in [0, 0.1) is 5.82 Å². The van der Waals surface area contributed by atoms with Gasteiger partial charge < -0.3 is 25.6 Å². The van der Waals surface area contributed by atoms with Crippen LogP contribution in [0.3, 0.4) is 0 Å². The van der Waals surface area contributed by atoms with Crippen molar-refractivity contribution in [1.82, 2.24) is 4.57 Å². The molecule has 8 heteroatoms. The first-order valence-corrected chi connectivity index (χ1v) is 11.3. The predicted octanol–water partition coefficient (Wildman–Crippen LogP) is 4.24. The smallest absolute Gasteiger partial charge is 0.305 e. The molecule has 1 amide bonds. The molecule has 0 saturated heterocycles. The SMILES string of the molecule is CC(C)n1c(C=CC(O)CC(O)CC(=O)O)c(-c2ccc(F)cc2)c(-c2ccccc2)c1C(N)=O. The van der Waals surface area contributed by atoms with Gasteiger partial charge in [0.25, 0.3) is 5.91 Å². The highest BCUT2D eigenvalue weighted by atomic mass is 19.1. The molecule has 7 nitrogen and oxygen atoms in total. The molecule has 0 aliphatic carbocycles. The summed E-state index contributed by atoms with van der Waals surface area (Å²) >= 11 is 0. The number of aliphatic hydroxyl groups excluding tert-OH is 2. The first-order valence-electron chi connectivity index (χ1n) is 11.3. The second kappa shape index (κ2) is 11.1. The third-order valence-electron chi connectivity index (χ3n) is 5.59. The lowest BCUT2D eigenvalue weighted by Gasteiger charge is -2.16. The van der Waals surface area contributed by atoms with Crippen molar-refractivity contribution in [1.29, 1.82) is 0 Å². The summed E-state index contributed by atoms with van der Waals surface area (Å²) in [6.07, 6.45) is 0.0325. The predicted molar refractivity (Wildman–Crippen MR) is 132 cm³/mol. The van der Waals surface area contributed by atoms with Crippen LogP contribution in [0.1, 0.15) is 48.9 Å². The van der Waals surface area contributed by atoms with Gasteiger partial charge in [-0.3, -0.25) is 9.59 Å². The first kappa shape index (κ1) is 25.9. The fourth-order valence-corrected chi connectivity index (χ4v) is 4.19. The Kier molecular flexibility index (Phi) is 8.22. The van der Waals surface area contributed by atoms with Gasteiger partial charge in [0.1, 0.15) is 11.5 Å². The molecule has 0 aliphatic heterocycles. The number of carbonyl (C=O) groups excluding carboxylic acids is 1. The van der Waals surface area contributed by atoms with Gasteiger partial charge in [-0.2, -0.15) is 0 Å². The molecule has 0 saturated carbocycles. The minimum absolute atomic E-state index is 0.175. The number of halogens is 1. The molecule has 0 fully saturated rings. The molecule has 0 spiro atoms. The van der Waals surface area contributed by atoms with Crippen molar-refractivity contribution >= 4 is 18.0 Å². The third kappa shape index (κ3) is 6.03. The molecule has 3 rings (SSSR count). The Morgan fingerprint density at radius 3 is 2.14 bits per heavy atom. The van der Waals surface area contributed by atoms with Crippen LogP contribution in [0.5, 0.6) is 0 Å². The van der Waals surface area contributed by atoms with Gasteiger partial charge in [-0.1, -0.05) is 48.5 Å². The van der Waals surface area contributed by atoms with Gasteiger partial charge in [-0.15, -0.1) is 0 Å². The van der Waals surface area contributed by atoms with E-state index in [1.807, 2.05) is 44.2 Å². The van der Waals surface area contributed by atoms with E-state index in [0.717, 1.165) is 5.56 Å². The maximum Gasteiger partial charge on any atom is 0.305 e. The largest absolute Gasteiger partial charge is 0.481 e. The second-order valence-electron chi connectivity index (χ2n) is 8.60. The maximum atomic E-state index is 13.7. The van der Waals surface area contributed by atoms with E-state index in [1.165, 1.54) is 18.2 Å². The number of hydrogen-bond donors (Lipinski definition) is 4. The van der Waals surface area contributed by atoms with E-state index in [1.54, 1.807) is 22.8 Å². The van der Waals surface area contributed by atoms with Crippen molar-refractivity contribution < 1.29 is 29.3 Å². The van der Waals surface area contributed by atoms with Crippen LogP contribution < -0.4 is 5.73 Å². The van der Waals surface area contributed by atoms with E-state index in [4.69, 9.17) is 10.8 Å². The Labute approximate surface area is 203 Å². The highest BCUT2D eigenvalue weighted by Crippen LogP contribution is 2.42. The number of hydrogen-bond acceptors (Lipinski definition) is 4. The summed E-state index contributed by atoms with van der Waals surface area (Å²) in [6, 6.07) is 14.9. The minimum Gasteiger partial charge on any atom is -0.481 e. The standard InChI is InChI=1S/C27H29FN2O5/c1-16(2)30-22(13-12-20(31)14-21(32)15-23(33)34)24(18-8-10-19(28)11-9-18)25(26(30)27(29)35)17-6-4-3-5-7-17/h3-13,16,20-21,31-32H,14-15H2,1-2H3,(H2,29,35)(H,33,34). The Hall–Kier alpha value is -3.75. The molecule has 2 aromatic carbocycles. The molecule has 1 aromatic heterocycles. The van der Waals surface area contributed by atoms with E-state index in [2.05, 4.69) is 0 Å². The molecule has 3 aromatic rings. The van der Waals surface area contributed by atoms with Crippen molar-refractivity contribution in [3.63, 3.8) is 0 Å². The number of benzene rings is 2. The average molecular weight is 481 g/mol. The van der Waals surface area contributed by atoms with Gasteiger partial charge in [0.15, 0.2) is 0 Å². The number of nitrogens with two attached hydrogens (primary N) is 1. The summed E-state index contributed by atoms with van der Waals surface area (Å²) in [7, 11) is 0. The van der Waals surface area contributed by atoms with Crippen LogP contribution in [0.2, 0.25) is 0 Å². The summed E-state index contributed by atoms with van der Waals surface area (Å²) in [5.74, 6) is -2.22. The average Bonchev–Trinajstić information content (AvgIpc) is 3.14. The van der Waals surface area contributed by atoms with Crippen molar-refractivity contribution in [2.75, 3.05) is 0 Å². The van der Waals surface area contributed by atoms with E-state index in [-0.39, 0.29) is 18.2 Å². The van der Waals surface area contributed by atoms with Gasteiger partial charge >= 0.3 is 5.97 Å². The lowest BCUT2D eigenvalue weighted by atomic mass is 9.94. The maximum absolute atomic E-state index is 13.7. The molecule has 35 heavy (non-hydrogen) atoms. The van der Waals surface area contributed by atoms with E-state index < -0.39 is 36.3 Å². The number of carbonyl (C=O) groups is 2. The van der Waals surface area contributed by atoms with Crippen LogP contribution in [0.15, 0.2) is 60.7 Å². The fourth-order valence-electron chi connectivity index (χ4n) is 4.19. The molecular weight excluding hydrogens is 451 g/mol. The van der Waals surface area contributed by atoms with Gasteiger partial charge in [0, 0.05) is 29.3 Å².